The number of carbonyl (C=O) groups excluding carboxylic acids is 1. The van der Waals surface area contributed by atoms with Gasteiger partial charge in [0.1, 0.15) is 22.0 Å². The zero-order valence-electron chi connectivity index (χ0n) is 19.5. The number of nitrogens with zero attached hydrogens (tertiary/aromatic N) is 5. The van der Waals surface area contributed by atoms with Gasteiger partial charge in [-0.3, -0.25) is 9.48 Å². The van der Waals surface area contributed by atoms with Gasteiger partial charge >= 0.3 is 0 Å². The first-order valence-corrected chi connectivity index (χ1v) is 12.2. The highest BCUT2D eigenvalue weighted by molar-refractivity contribution is 6.36. The van der Waals surface area contributed by atoms with Crippen molar-refractivity contribution in [3.8, 4) is 17.0 Å². The molecule has 5 rings (SSSR count). The number of methoxy groups -OCH3 is 1. The molecule has 0 aliphatic carbocycles. The van der Waals surface area contributed by atoms with E-state index in [1.807, 2.05) is 0 Å². The monoisotopic (exact) mass is 576 g/mol. The van der Waals surface area contributed by atoms with Crippen LogP contribution in [0.5, 0.6) is 5.75 Å². The summed E-state index contributed by atoms with van der Waals surface area (Å²) in [6, 6.07) is 13.2. The SMILES string of the molecule is COc1ccccc1-c1cc(C(F)F)n2ncc(C(=O)Nc3nn(Cc4c(Cl)cccc4Cl)cc3Cl)c2n1. The summed E-state index contributed by atoms with van der Waals surface area (Å²) in [5.74, 6) is -0.201. The van der Waals surface area contributed by atoms with Crippen LogP contribution < -0.4 is 10.1 Å². The molecule has 3 aromatic heterocycles. The molecule has 0 saturated heterocycles. The van der Waals surface area contributed by atoms with Crippen molar-refractivity contribution in [2.45, 2.75) is 13.0 Å². The van der Waals surface area contributed by atoms with Gasteiger partial charge in [0, 0.05) is 27.4 Å². The number of benzene rings is 2. The van der Waals surface area contributed by atoms with Crippen molar-refractivity contribution in [3.63, 3.8) is 0 Å². The summed E-state index contributed by atoms with van der Waals surface area (Å²) >= 11 is 18.8. The highest BCUT2D eigenvalue weighted by atomic mass is 35.5. The van der Waals surface area contributed by atoms with E-state index in [4.69, 9.17) is 39.5 Å². The fourth-order valence-corrected chi connectivity index (χ4v) is 4.59. The van der Waals surface area contributed by atoms with Crippen LogP contribution in [0.15, 0.2) is 60.9 Å². The Kier molecular flexibility index (Phi) is 7.20. The lowest BCUT2D eigenvalue weighted by atomic mass is 10.1. The fourth-order valence-electron chi connectivity index (χ4n) is 3.88. The Morgan fingerprint density at radius 3 is 2.53 bits per heavy atom. The molecule has 13 heteroatoms. The predicted octanol–water partition coefficient (Wildman–Crippen LogP) is 6.80. The summed E-state index contributed by atoms with van der Waals surface area (Å²) in [4.78, 5) is 17.7. The number of amides is 1. The van der Waals surface area contributed by atoms with Crippen LogP contribution in [-0.4, -0.2) is 37.4 Å². The van der Waals surface area contributed by atoms with Crippen molar-refractivity contribution in [2.75, 3.05) is 12.4 Å². The van der Waals surface area contributed by atoms with Gasteiger partial charge in [-0.15, -0.1) is 0 Å². The number of hydrogen-bond donors (Lipinski definition) is 1. The minimum atomic E-state index is -2.88. The van der Waals surface area contributed by atoms with E-state index in [1.165, 1.54) is 24.1 Å². The Bertz CT molecular complexity index is 1650. The maximum absolute atomic E-state index is 14.0. The van der Waals surface area contributed by atoms with E-state index in [0.29, 0.717) is 26.9 Å². The van der Waals surface area contributed by atoms with Crippen molar-refractivity contribution in [1.82, 2.24) is 24.4 Å². The molecule has 0 atom stereocenters. The van der Waals surface area contributed by atoms with Crippen LogP contribution >= 0.6 is 34.8 Å². The Hall–Kier alpha value is -3.73. The molecule has 38 heavy (non-hydrogen) atoms. The summed E-state index contributed by atoms with van der Waals surface area (Å²) < 4.78 is 35.7. The Morgan fingerprint density at radius 1 is 1.08 bits per heavy atom. The van der Waals surface area contributed by atoms with Crippen LogP contribution in [0.25, 0.3) is 16.9 Å². The van der Waals surface area contributed by atoms with E-state index in [9.17, 15) is 13.6 Å². The van der Waals surface area contributed by atoms with Crippen LogP contribution in [0.4, 0.5) is 14.6 Å². The Morgan fingerprint density at radius 2 is 1.82 bits per heavy atom. The molecule has 0 unspecified atom stereocenters. The molecule has 0 fully saturated rings. The molecule has 1 amide bonds. The van der Waals surface area contributed by atoms with Crippen molar-refractivity contribution in [3.05, 3.63) is 92.8 Å². The van der Waals surface area contributed by atoms with Crippen LogP contribution in [0, 0.1) is 0 Å². The Balaban J connectivity index is 1.50. The molecule has 1 N–H and O–H groups in total. The molecule has 2 aromatic carbocycles. The van der Waals surface area contributed by atoms with Crippen LogP contribution in [-0.2, 0) is 6.54 Å². The first-order chi connectivity index (χ1) is 18.3. The molecule has 0 saturated carbocycles. The number of aromatic nitrogens is 5. The molecule has 0 spiro atoms. The minimum absolute atomic E-state index is 0.0501. The maximum Gasteiger partial charge on any atom is 0.280 e. The molecule has 8 nitrogen and oxygen atoms in total. The third-order valence-electron chi connectivity index (χ3n) is 5.68. The van der Waals surface area contributed by atoms with Crippen LogP contribution in [0.2, 0.25) is 15.1 Å². The van der Waals surface area contributed by atoms with Gasteiger partial charge in [-0.25, -0.2) is 18.3 Å². The quantitative estimate of drug-likeness (QED) is 0.230. The van der Waals surface area contributed by atoms with Gasteiger partial charge in [0.15, 0.2) is 11.5 Å². The van der Waals surface area contributed by atoms with E-state index < -0.39 is 18.0 Å². The average Bonchev–Trinajstić information content (AvgIpc) is 3.48. The number of carbonyl (C=O) groups is 1. The Labute approximate surface area is 229 Å². The smallest absolute Gasteiger partial charge is 0.280 e. The lowest BCUT2D eigenvalue weighted by Crippen LogP contribution is -2.14. The van der Waals surface area contributed by atoms with Crippen LogP contribution in [0.1, 0.15) is 28.0 Å². The maximum atomic E-state index is 14.0. The number of alkyl halides is 2. The van der Waals surface area contributed by atoms with Gasteiger partial charge in [-0.05, 0) is 30.3 Å². The predicted molar refractivity (Wildman–Crippen MR) is 141 cm³/mol. The lowest BCUT2D eigenvalue weighted by Gasteiger charge is -2.11. The second-order valence-corrected chi connectivity index (χ2v) is 9.26. The molecule has 194 valence electrons. The molecule has 0 aliphatic rings. The molecule has 0 radical (unpaired) electrons. The number of hydrogen-bond acceptors (Lipinski definition) is 5. The van der Waals surface area contributed by atoms with E-state index in [-0.39, 0.29) is 34.3 Å². The number of ether oxygens (including phenoxy) is 1. The number of nitrogens with one attached hydrogen (secondary N) is 1. The molecule has 0 aliphatic heterocycles. The van der Waals surface area contributed by atoms with E-state index in [2.05, 4.69) is 20.5 Å². The summed E-state index contributed by atoms with van der Waals surface area (Å²) in [5.41, 5.74) is 0.741. The van der Waals surface area contributed by atoms with E-state index in [0.717, 1.165) is 10.7 Å². The first-order valence-electron chi connectivity index (χ1n) is 11.0. The number of fused-ring (bicyclic) bond motifs is 1. The largest absolute Gasteiger partial charge is 0.496 e. The summed E-state index contributed by atoms with van der Waals surface area (Å²) in [5, 5.41) is 11.9. The average molecular weight is 578 g/mol. The summed E-state index contributed by atoms with van der Waals surface area (Å²) in [6.45, 7) is 0.201. The summed E-state index contributed by atoms with van der Waals surface area (Å²) in [7, 11) is 1.46. The number of anilines is 1. The minimum Gasteiger partial charge on any atom is -0.496 e. The van der Waals surface area contributed by atoms with Gasteiger partial charge in [0.25, 0.3) is 12.3 Å². The van der Waals surface area contributed by atoms with Crippen molar-refractivity contribution >= 4 is 52.2 Å². The van der Waals surface area contributed by atoms with Gasteiger partial charge in [-0.1, -0.05) is 53.0 Å². The third kappa shape index (κ3) is 4.90. The molecule has 0 bridgehead atoms. The molecule has 5 aromatic rings. The van der Waals surface area contributed by atoms with Gasteiger partial charge < -0.3 is 10.1 Å². The zero-order chi connectivity index (χ0) is 27.0. The third-order valence-corrected chi connectivity index (χ3v) is 6.67. The second-order valence-electron chi connectivity index (χ2n) is 8.04. The number of para-hydroxylation sites is 1. The number of rotatable bonds is 7. The van der Waals surface area contributed by atoms with Crippen LogP contribution in [0.3, 0.4) is 0 Å². The second kappa shape index (κ2) is 10.6. The molecular weight excluding hydrogens is 561 g/mol. The van der Waals surface area contributed by atoms with Crippen molar-refractivity contribution < 1.29 is 18.3 Å². The fraction of sp³-hybridized carbons (Fsp3) is 0.120. The number of halogens is 5. The molecule has 3 heterocycles. The first kappa shape index (κ1) is 25.9. The summed E-state index contributed by atoms with van der Waals surface area (Å²) in [6.07, 6.45) is -0.226. The topological polar surface area (TPSA) is 86.3 Å². The highest BCUT2D eigenvalue weighted by Gasteiger charge is 2.23. The molecular formula is C25H17Cl3F2N6O2. The van der Waals surface area contributed by atoms with E-state index in [1.54, 1.807) is 42.5 Å². The van der Waals surface area contributed by atoms with Gasteiger partial charge in [-0.2, -0.15) is 10.2 Å². The van der Waals surface area contributed by atoms with Gasteiger partial charge in [0.2, 0.25) is 0 Å². The highest BCUT2D eigenvalue weighted by Crippen LogP contribution is 2.32. The van der Waals surface area contributed by atoms with E-state index >= 15 is 0 Å². The van der Waals surface area contributed by atoms with Crippen molar-refractivity contribution in [2.24, 2.45) is 0 Å². The standard InChI is InChI=1S/C25H17Cl3F2N6O2/c1-38-21-8-3-2-5-13(21)19-9-20(22(29)30)36-24(32-19)14(10-31-36)25(37)33-23-18(28)12-35(34-23)11-15-16(26)6-4-7-17(15)27/h2-10,12,22H,11H2,1H3,(H,33,34,37). The van der Waals surface area contributed by atoms with Crippen molar-refractivity contribution in [1.29, 1.82) is 0 Å². The zero-order valence-corrected chi connectivity index (χ0v) is 21.8. The lowest BCUT2D eigenvalue weighted by molar-refractivity contribution is 0.102. The van der Waals surface area contributed by atoms with Gasteiger partial charge in [0.05, 0.1) is 25.5 Å². The normalized spacial score (nSPS) is 11.3.